The van der Waals surface area contributed by atoms with E-state index in [-0.39, 0.29) is 5.56 Å². The zero-order valence-electron chi connectivity index (χ0n) is 22.8. The summed E-state index contributed by atoms with van der Waals surface area (Å²) in [6, 6.07) is 6.98. The first-order chi connectivity index (χ1) is 18.9. The Morgan fingerprint density at radius 2 is 1.32 bits per heavy atom. The van der Waals surface area contributed by atoms with Crippen LogP contribution in [-0.2, 0) is 17.1 Å². The molecule has 0 heterocycles. The average molecular weight is 571 g/mol. The van der Waals surface area contributed by atoms with E-state index in [1.54, 1.807) is 0 Å². The summed E-state index contributed by atoms with van der Waals surface area (Å²) < 4.78 is 95.1. The number of rotatable bonds is 7. The van der Waals surface area contributed by atoms with E-state index in [1.807, 2.05) is 0 Å². The molecule has 0 aliphatic heterocycles. The van der Waals surface area contributed by atoms with Gasteiger partial charge in [0.1, 0.15) is 17.1 Å². The molecule has 0 bridgehead atoms. The molecular formula is C31H36F6O3. The summed E-state index contributed by atoms with van der Waals surface area (Å²) >= 11 is 0. The van der Waals surface area contributed by atoms with Gasteiger partial charge in [0.25, 0.3) is 0 Å². The third-order valence-electron chi connectivity index (χ3n) is 8.71. The fourth-order valence-corrected chi connectivity index (χ4v) is 6.63. The minimum atomic E-state index is -5.41. The van der Waals surface area contributed by atoms with Crippen LogP contribution in [0.15, 0.2) is 36.4 Å². The Balaban J connectivity index is 1.52. The Bertz CT molecular complexity index is 1140. The fourth-order valence-electron chi connectivity index (χ4n) is 6.63. The molecule has 0 aromatic heterocycles. The first-order valence-corrected chi connectivity index (χ1v) is 14.1. The normalized spacial score (nSPS) is 24.0. The van der Waals surface area contributed by atoms with Crippen molar-refractivity contribution in [3.05, 3.63) is 47.5 Å². The Morgan fingerprint density at radius 1 is 0.775 bits per heavy atom. The third kappa shape index (κ3) is 6.95. The molecule has 0 spiro atoms. The number of carbonyl (C=O) groups is 1. The predicted octanol–water partition coefficient (Wildman–Crippen LogP) is 9.72. The van der Waals surface area contributed by atoms with Crippen LogP contribution in [0.1, 0.15) is 82.3 Å². The number of alkyl halides is 6. The SMILES string of the molecule is CCCC1CCC(C2CCC(C(=O)Oc3ccc(-c4ccc(OC)cc4)c(C(F)(F)F)c3C(F)(F)F)CC2)CC1. The monoisotopic (exact) mass is 570 g/mol. The fraction of sp³-hybridized carbons (Fsp3) is 0.581. The lowest BCUT2D eigenvalue weighted by atomic mass is 9.69. The molecule has 220 valence electrons. The molecule has 0 amide bonds. The second-order valence-electron chi connectivity index (χ2n) is 11.2. The van der Waals surface area contributed by atoms with Gasteiger partial charge in [-0.25, -0.2) is 0 Å². The lowest BCUT2D eigenvalue weighted by Gasteiger charge is -2.37. The highest BCUT2D eigenvalue weighted by Crippen LogP contribution is 2.50. The van der Waals surface area contributed by atoms with E-state index >= 15 is 0 Å². The van der Waals surface area contributed by atoms with Gasteiger partial charge in [-0.15, -0.1) is 0 Å². The number of carbonyl (C=O) groups excluding carboxylic acids is 1. The van der Waals surface area contributed by atoms with Crippen molar-refractivity contribution in [2.24, 2.45) is 23.7 Å². The van der Waals surface area contributed by atoms with Gasteiger partial charge >= 0.3 is 18.3 Å². The van der Waals surface area contributed by atoms with Crippen LogP contribution >= 0.6 is 0 Å². The Hall–Kier alpha value is -2.71. The molecule has 40 heavy (non-hydrogen) atoms. The van der Waals surface area contributed by atoms with Crippen LogP contribution in [0.5, 0.6) is 11.5 Å². The Morgan fingerprint density at radius 3 is 1.82 bits per heavy atom. The molecule has 2 fully saturated rings. The Kier molecular flexibility index (Phi) is 9.40. The van der Waals surface area contributed by atoms with Crippen LogP contribution < -0.4 is 9.47 Å². The van der Waals surface area contributed by atoms with E-state index in [2.05, 4.69) is 6.92 Å². The van der Waals surface area contributed by atoms with Gasteiger partial charge < -0.3 is 9.47 Å². The molecule has 2 aliphatic carbocycles. The number of benzene rings is 2. The third-order valence-corrected chi connectivity index (χ3v) is 8.71. The molecule has 3 nitrogen and oxygen atoms in total. The standard InChI is InChI=1S/C31H36F6O3/c1-3-4-19-5-7-20(8-6-19)21-9-11-23(12-10-21)29(38)40-26-18-17-25(22-13-15-24(39-2)16-14-22)27(30(32,33)34)28(26)31(35,36)37/h13-21,23H,3-12H2,1-2H3. The highest BCUT2D eigenvalue weighted by Gasteiger charge is 2.48. The number of hydrogen-bond acceptors (Lipinski definition) is 3. The maximum absolute atomic E-state index is 14.2. The summed E-state index contributed by atoms with van der Waals surface area (Å²) in [5.74, 6) is -0.450. The van der Waals surface area contributed by atoms with Crippen molar-refractivity contribution in [1.82, 2.24) is 0 Å². The van der Waals surface area contributed by atoms with Gasteiger partial charge in [-0.1, -0.05) is 50.8 Å². The number of ether oxygens (including phenoxy) is 2. The van der Waals surface area contributed by atoms with E-state index in [0.717, 1.165) is 30.9 Å². The molecule has 0 unspecified atom stereocenters. The molecule has 0 saturated heterocycles. The second-order valence-corrected chi connectivity index (χ2v) is 11.2. The van der Waals surface area contributed by atoms with Crippen LogP contribution in [-0.4, -0.2) is 13.1 Å². The van der Waals surface area contributed by atoms with Crippen molar-refractivity contribution in [3.63, 3.8) is 0 Å². The highest BCUT2D eigenvalue weighted by molar-refractivity contribution is 5.78. The van der Waals surface area contributed by atoms with Crippen LogP contribution in [0.25, 0.3) is 11.1 Å². The lowest BCUT2D eigenvalue weighted by Crippen LogP contribution is -2.30. The number of esters is 1. The van der Waals surface area contributed by atoms with E-state index in [4.69, 9.17) is 9.47 Å². The van der Waals surface area contributed by atoms with Crippen molar-refractivity contribution in [3.8, 4) is 22.6 Å². The molecular weight excluding hydrogens is 534 g/mol. The molecule has 0 atom stereocenters. The van der Waals surface area contributed by atoms with Gasteiger partial charge in [0.05, 0.1) is 18.6 Å². The predicted molar refractivity (Wildman–Crippen MR) is 140 cm³/mol. The van der Waals surface area contributed by atoms with E-state index < -0.39 is 46.7 Å². The number of methoxy groups -OCH3 is 1. The average Bonchev–Trinajstić information content (AvgIpc) is 2.92. The van der Waals surface area contributed by atoms with Crippen molar-refractivity contribution in [1.29, 1.82) is 0 Å². The Labute approximate surface area is 231 Å². The smallest absolute Gasteiger partial charge is 0.420 e. The molecule has 2 aromatic rings. The van der Waals surface area contributed by atoms with Gasteiger partial charge in [-0.3, -0.25) is 4.79 Å². The van der Waals surface area contributed by atoms with Crippen molar-refractivity contribution >= 4 is 5.97 Å². The number of halogens is 6. The summed E-state index contributed by atoms with van der Waals surface area (Å²) in [4.78, 5) is 12.9. The summed E-state index contributed by atoms with van der Waals surface area (Å²) in [6.45, 7) is 2.20. The molecule has 4 rings (SSSR count). The minimum absolute atomic E-state index is 0.0708. The first kappa shape index (κ1) is 30.3. The van der Waals surface area contributed by atoms with Gasteiger partial charge in [-0.2, -0.15) is 26.3 Å². The zero-order valence-corrected chi connectivity index (χ0v) is 22.8. The van der Waals surface area contributed by atoms with Crippen LogP contribution in [0.4, 0.5) is 26.3 Å². The summed E-state index contributed by atoms with van der Waals surface area (Å²) in [5, 5.41) is 0. The quantitative estimate of drug-likeness (QED) is 0.189. The second kappa shape index (κ2) is 12.4. The van der Waals surface area contributed by atoms with Crippen molar-refractivity contribution in [2.75, 3.05) is 7.11 Å². The minimum Gasteiger partial charge on any atom is -0.497 e. The molecule has 2 aromatic carbocycles. The van der Waals surface area contributed by atoms with Crippen LogP contribution in [0.3, 0.4) is 0 Å². The molecule has 0 radical (unpaired) electrons. The van der Waals surface area contributed by atoms with E-state index in [9.17, 15) is 31.1 Å². The highest BCUT2D eigenvalue weighted by atomic mass is 19.4. The van der Waals surface area contributed by atoms with Gasteiger partial charge in [0.15, 0.2) is 0 Å². The van der Waals surface area contributed by atoms with E-state index in [1.165, 1.54) is 69.9 Å². The zero-order chi connectivity index (χ0) is 29.1. The lowest BCUT2D eigenvalue weighted by molar-refractivity contribution is -0.163. The van der Waals surface area contributed by atoms with Gasteiger partial charge in [0, 0.05) is 0 Å². The summed E-state index contributed by atoms with van der Waals surface area (Å²) in [5.41, 5.74) is -4.59. The first-order valence-electron chi connectivity index (χ1n) is 14.1. The maximum atomic E-state index is 14.2. The van der Waals surface area contributed by atoms with Crippen LogP contribution in [0, 0.1) is 23.7 Å². The maximum Gasteiger partial charge on any atom is 0.420 e. The topological polar surface area (TPSA) is 35.5 Å². The molecule has 0 N–H and O–H groups in total. The van der Waals surface area contributed by atoms with Gasteiger partial charge in [-0.05, 0) is 85.6 Å². The molecule has 2 saturated carbocycles. The van der Waals surface area contributed by atoms with E-state index in [0.29, 0.717) is 30.4 Å². The van der Waals surface area contributed by atoms with Crippen LogP contribution in [0.2, 0.25) is 0 Å². The molecule has 9 heteroatoms. The summed E-state index contributed by atoms with van der Waals surface area (Å²) in [6.07, 6.45) is -1.06. The van der Waals surface area contributed by atoms with Crippen molar-refractivity contribution < 1.29 is 40.6 Å². The molecule has 2 aliphatic rings. The van der Waals surface area contributed by atoms with Gasteiger partial charge in [0.2, 0.25) is 0 Å². The van der Waals surface area contributed by atoms with Crippen molar-refractivity contribution in [2.45, 2.75) is 83.5 Å². The largest absolute Gasteiger partial charge is 0.497 e. The number of hydrogen-bond donors (Lipinski definition) is 0. The summed E-state index contributed by atoms with van der Waals surface area (Å²) in [7, 11) is 1.37.